The van der Waals surface area contributed by atoms with Gasteiger partial charge in [-0.1, -0.05) is 47.5 Å². The van der Waals surface area contributed by atoms with Crippen molar-refractivity contribution in [3.05, 3.63) is 0 Å². The van der Waals surface area contributed by atoms with Gasteiger partial charge in [0.15, 0.2) is 0 Å². The second-order valence-corrected chi connectivity index (χ2v) is 13.4. The molecule has 2 saturated heterocycles. The molecule has 2 saturated carbocycles. The largest absolute Gasteiger partial charge is 0.311 e. The molecule has 2 heterocycles. The summed E-state index contributed by atoms with van der Waals surface area (Å²) in [5, 5.41) is 7.36. The predicted octanol–water partition coefficient (Wildman–Crippen LogP) is 6.05. The Morgan fingerprint density at radius 2 is 1.50 bits per heavy atom. The van der Waals surface area contributed by atoms with E-state index in [1.165, 1.54) is 12.8 Å². The van der Waals surface area contributed by atoms with Crippen LogP contribution in [-0.2, 0) is 0 Å². The van der Waals surface area contributed by atoms with Crippen molar-refractivity contribution in [2.75, 3.05) is 0 Å². The fourth-order valence-corrected chi connectivity index (χ4v) is 7.84. The molecule has 10 atom stereocenters. The summed E-state index contributed by atoms with van der Waals surface area (Å²) >= 11 is 0. The van der Waals surface area contributed by atoms with E-state index in [9.17, 15) is 0 Å². The van der Waals surface area contributed by atoms with Crippen LogP contribution in [0.5, 0.6) is 0 Å². The molecule has 2 aliphatic carbocycles. The molecule has 2 nitrogen and oxygen atoms in total. The standard InChI is InChI=1S/C26H46F2N2/c1-15-18-11-16(23(27)22(18)20(29-15)13-25(2,3)4)12-26(5,6)14-21-24(28)17-9-7-8-10-19(17)30-21/h15-24,29-30H,7-14H2,1-6H3. The van der Waals surface area contributed by atoms with Gasteiger partial charge in [0, 0.05) is 36.0 Å². The van der Waals surface area contributed by atoms with Gasteiger partial charge in [-0.3, -0.25) is 0 Å². The normalized spacial score (nSPS) is 46.8. The predicted molar refractivity (Wildman–Crippen MR) is 121 cm³/mol. The summed E-state index contributed by atoms with van der Waals surface area (Å²) in [4.78, 5) is 0. The SMILES string of the molecule is CC1NC(CC(C)(C)C)C2C(F)C(CC(C)(C)CC3NC4CCCCC4C3F)CC12. The van der Waals surface area contributed by atoms with E-state index in [4.69, 9.17) is 0 Å². The van der Waals surface area contributed by atoms with Gasteiger partial charge in [-0.25, -0.2) is 8.78 Å². The van der Waals surface area contributed by atoms with Gasteiger partial charge in [-0.15, -0.1) is 0 Å². The molecule has 0 aromatic heterocycles. The molecule has 4 rings (SSSR count). The summed E-state index contributed by atoms with van der Waals surface area (Å²) in [7, 11) is 0. The number of nitrogens with one attached hydrogen (secondary N) is 2. The van der Waals surface area contributed by atoms with E-state index in [0.717, 1.165) is 38.5 Å². The Kier molecular flexibility index (Phi) is 6.34. The van der Waals surface area contributed by atoms with Crippen LogP contribution in [0.25, 0.3) is 0 Å². The number of hydrogen-bond donors (Lipinski definition) is 2. The summed E-state index contributed by atoms with van der Waals surface area (Å²) in [6.45, 7) is 13.5. The first-order valence-electron chi connectivity index (χ1n) is 12.8. The van der Waals surface area contributed by atoms with E-state index in [-0.39, 0.29) is 34.6 Å². The van der Waals surface area contributed by atoms with E-state index in [0.29, 0.717) is 24.0 Å². The minimum atomic E-state index is -0.723. The molecule has 4 fully saturated rings. The van der Waals surface area contributed by atoms with Crippen molar-refractivity contribution in [1.29, 1.82) is 0 Å². The van der Waals surface area contributed by atoms with E-state index in [2.05, 4.69) is 52.2 Å². The van der Waals surface area contributed by atoms with E-state index in [1.807, 2.05) is 0 Å². The number of fused-ring (bicyclic) bond motifs is 2. The number of alkyl halides is 2. The third-order valence-electron chi connectivity index (χ3n) is 8.93. The highest BCUT2D eigenvalue weighted by Gasteiger charge is 2.55. The zero-order valence-electron chi connectivity index (χ0n) is 20.2. The number of rotatable bonds is 5. The fraction of sp³-hybridized carbons (Fsp3) is 1.00. The van der Waals surface area contributed by atoms with Crippen molar-refractivity contribution in [1.82, 2.24) is 10.6 Å². The molecule has 10 unspecified atom stereocenters. The second kappa shape index (κ2) is 8.28. The molecule has 0 aromatic carbocycles. The van der Waals surface area contributed by atoms with E-state index >= 15 is 8.78 Å². The summed E-state index contributed by atoms with van der Waals surface area (Å²) in [5.74, 6) is 0.948. The van der Waals surface area contributed by atoms with Crippen LogP contribution in [0.2, 0.25) is 0 Å². The van der Waals surface area contributed by atoms with Gasteiger partial charge in [-0.2, -0.15) is 0 Å². The summed E-state index contributed by atoms with van der Waals surface area (Å²) < 4.78 is 30.9. The molecule has 174 valence electrons. The highest BCUT2D eigenvalue weighted by Crippen LogP contribution is 2.52. The summed E-state index contributed by atoms with van der Waals surface area (Å²) in [5.41, 5.74) is 0.184. The Balaban J connectivity index is 1.38. The molecule has 0 radical (unpaired) electrons. The van der Waals surface area contributed by atoms with Crippen LogP contribution in [0.4, 0.5) is 8.78 Å². The van der Waals surface area contributed by atoms with Crippen molar-refractivity contribution >= 4 is 0 Å². The first-order valence-corrected chi connectivity index (χ1v) is 12.8. The van der Waals surface area contributed by atoms with Crippen LogP contribution >= 0.6 is 0 Å². The van der Waals surface area contributed by atoms with Crippen LogP contribution < -0.4 is 10.6 Å². The Morgan fingerprint density at radius 1 is 0.800 bits per heavy atom. The zero-order valence-corrected chi connectivity index (χ0v) is 20.2. The lowest BCUT2D eigenvalue weighted by Crippen LogP contribution is -2.39. The average Bonchev–Trinajstić information content (AvgIpc) is 3.21. The summed E-state index contributed by atoms with van der Waals surface area (Å²) in [6.07, 6.45) is 6.87. The molecule has 0 aromatic rings. The third kappa shape index (κ3) is 4.60. The Hall–Kier alpha value is -0.220. The molecule has 2 N–H and O–H groups in total. The third-order valence-corrected chi connectivity index (χ3v) is 8.93. The minimum Gasteiger partial charge on any atom is -0.311 e. The second-order valence-electron chi connectivity index (χ2n) is 13.4. The lowest BCUT2D eigenvalue weighted by molar-refractivity contribution is 0.116. The Bertz CT molecular complexity index is 600. The maximum atomic E-state index is 15.8. The quantitative estimate of drug-likeness (QED) is 0.561. The first-order chi connectivity index (χ1) is 14.0. The minimum absolute atomic E-state index is 0.0284. The van der Waals surface area contributed by atoms with Gasteiger partial charge in [0.05, 0.1) is 0 Å². The van der Waals surface area contributed by atoms with Gasteiger partial charge in [0.2, 0.25) is 0 Å². The van der Waals surface area contributed by atoms with Gasteiger partial charge in [-0.05, 0) is 68.1 Å². The molecule has 0 bridgehead atoms. The van der Waals surface area contributed by atoms with Crippen LogP contribution in [0.15, 0.2) is 0 Å². The topological polar surface area (TPSA) is 24.1 Å². The van der Waals surface area contributed by atoms with Crippen LogP contribution in [0.3, 0.4) is 0 Å². The maximum absolute atomic E-state index is 15.8. The van der Waals surface area contributed by atoms with Crippen LogP contribution in [0, 0.1) is 34.5 Å². The zero-order chi connectivity index (χ0) is 21.8. The molecule has 0 spiro atoms. The fourth-order valence-electron chi connectivity index (χ4n) is 7.84. The van der Waals surface area contributed by atoms with Crippen molar-refractivity contribution < 1.29 is 8.78 Å². The van der Waals surface area contributed by atoms with Crippen molar-refractivity contribution in [2.45, 2.75) is 129 Å². The Labute approximate surface area is 183 Å². The molecule has 4 heteroatoms. The molecule has 2 aliphatic heterocycles. The average molecular weight is 425 g/mol. The molecule has 30 heavy (non-hydrogen) atoms. The van der Waals surface area contributed by atoms with Crippen molar-refractivity contribution in [3.63, 3.8) is 0 Å². The van der Waals surface area contributed by atoms with Crippen molar-refractivity contribution in [3.8, 4) is 0 Å². The molecular weight excluding hydrogens is 378 g/mol. The lowest BCUT2D eigenvalue weighted by atomic mass is 9.75. The van der Waals surface area contributed by atoms with Gasteiger partial charge >= 0.3 is 0 Å². The molecule has 0 amide bonds. The number of hydrogen-bond acceptors (Lipinski definition) is 2. The van der Waals surface area contributed by atoms with Gasteiger partial charge in [0.25, 0.3) is 0 Å². The number of halogens is 2. The molecular formula is C26H46F2N2. The van der Waals surface area contributed by atoms with Crippen molar-refractivity contribution in [2.24, 2.45) is 34.5 Å². The Morgan fingerprint density at radius 3 is 2.17 bits per heavy atom. The summed E-state index contributed by atoms with van der Waals surface area (Å²) in [6, 6.07) is 1.03. The first kappa shape index (κ1) is 23.0. The van der Waals surface area contributed by atoms with Gasteiger partial charge in [0.1, 0.15) is 12.3 Å². The van der Waals surface area contributed by atoms with Crippen LogP contribution in [0.1, 0.15) is 92.9 Å². The van der Waals surface area contributed by atoms with E-state index < -0.39 is 12.3 Å². The van der Waals surface area contributed by atoms with Crippen LogP contribution in [-0.4, -0.2) is 36.5 Å². The highest BCUT2D eigenvalue weighted by molar-refractivity contribution is 5.08. The monoisotopic (exact) mass is 424 g/mol. The maximum Gasteiger partial charge on any atom is 0.120 e. The highest BCUT2D eigenvalue weighted by atomic mass is 19.1. The smallest absolute Gasteiger partial charge is 0.120 e. The molecule has 4 aliphatic rings. The van der Waals surface area contributed by atoms with Gasteiger partial charge < -0.3 is 10.6 Å². The van der Waals surface area contributed by atoms with E-state index in [1.54, 1.807) is 0 Å². The lowest BCUT2D eigenvalue weighted by Gasteiger charge is -2.34.